The molecule has 36 heavy (non-hydrogen) atoms. The van der Waals surface area contributed by atoms with Crippen LogP contribution in [0.3, 0.4) is 0 Å². The van der Waals surface area contributed by atoms with Crippen molar-refractivity contribution in [1.29, 1.82) is 0 Å². The summed E-state index contributed by atoms with van der Waals surface area (Å²) >= 11 is 0. The van der Waals surface area contributed by atoms with Crippen LogP contribution < -0.4 is 16.1 Å². The van der Waals surface area contributed by atoms with Gasteiger partial charge in [0, 0.05) is 37.6 Å². The standard InChI is InChI=1S/C27H29N7O2/c1-4-32-23-13-19-22(14-24(23)33(5-2)27(32)36)28-15-29-25(19)31-10-8-18(9-11-31)34-16-30-21-7-6-17(3)12-20(21)26(34)35/h6-7,12-16,18H,4-5,8-11H2,1-3H3. The molecule has 5 aromatic rings. The number of nitrogens with zero attached hydrogens (tertiary/aromatic N) is 7. The number of imidazole rings is 1. The highest BCUT2D eigenvalue weighted by Crippen LogP contribution is 2.31. The molecule has 0 amide bonds. The van der Waals surface area contributed by atoms with Crippen LogP contribution in [0.4, 0.5) is 5.82 Å². The van der Waals surface area contributed by atoms with E-state index in [-0.39, 0.29) is 17.3 Å². The fourth-order valence-corrected chi connectivity index (χ4v) is 5.58. The number of hydrogen-bond donors (Lipinski definition) is 0. The number of benzene rings is 2. The van der Waals surface area contributed by atoms with Gasteiger partial charge in [-0.25, -0.2) is 19.7 Å². The van der Waals surface area contributed by atoms with Gasteiger partial charge in [-0.2, -0.15) is 0 Å². The van der Waals surface area contributed by atoms with Crippen molar-refractivity contribution in [2.75, 3.05) is 18.0 Å². The molecule has 1 aliphatic heterocycles. The maximum Gasteiger partial charge on any atom is 0.329 e. The molecule has 9 nitrogen and oxygen atoms in total. The number of fused-ring (bicyclic) bond motifs is 3. The Balaban J connectivity index is 1.34. The van der Waals surface area contributed by atoms with Crippen LogP contribution in [-0.4, -0.2) is 41.7 Å². The molecule has 9 heteroatoms. The summed E-state index contributed by atoms with van der Waals surface area (Å²) in [4.78, 5) is 42.0. The van der Waals surface area contributed by atoms with Crippen molar-refractivity contribution in [3.8, 4) is 0 Å². The third-order valence-corrected chi connectivity index (χ3v) is 7.48. The quantitative estimate of drug-likeness (QED) is 0.388. The number of hydrogen-bond acceptors (Lipinski definition) is 6. The molecule has 2 aromatic carbocycles. The van der Waals surface area contributed by atoms with E-state index in [4.69, 9.17) is 0 Å². The predicted octanol–water partition coefficient (Wildman–Crippen LogP) is 3.65. The monoisotopic (exact) mass is 483 g/mol. The van der Waals surface area contributed by atoms with E-state index in [1.54, 1.807) is 21.8 Å². The van der Waals surface area contributed by atoms with Crippen LogP contribution in [0.15, 0.2) is 52.6 Å². The highest BCUT2D eigenvalue weighted by atomic mass is 16.1. The molecule has 0 unspecified atom stereocenters. The van der Waals surface area contributed by atoms with Crippen molar-refractivity contribution in [2.24, 2.45) is 0 Å². The zero-order valence-corrected chi connectivity index (χ0v) is 20.8. The largest absolute Gasteiger partial charge is 0.356 e. The van der Waals surface area contributed by atoms with Gasteiger partial charge in [0.2, 0.25) is 0 Å². The first-order chi connectivity index (χ1) is 17.5. The van der Waals surface area contributed by atoms with Crippen LogP contribution in [0.2, 0.25) is 0 Å². The lowest BCUT2D eigenvalue weighted by Gasteiger charge is -2.34. The fourth-order valence-electron chi connectivity index (χ4n) is 5.58. The molecule has 184 valence electrons. The minimum absolute atomic E-state index is 0.00487. The molecule has 0 N–H and O–H groups in total. The SMILES string of the molecule is CCn1c(=O)n(CC)c2cc3c(N4CCC(n5cnc6ccc(C)cc6c5=O)CC4)ncnc3cc21. The topological polar surface area (TPSA) is 90.8 Å². The van der Waals surface area contributed by atoms with E-state index in [9.17, 15) is 9.59 Å². The predicted molar refractivity (Wildman–Crippen MR) is 142 cm³/mol. The average molecular weight is 484 g/mol. The van der Waals surface area contributed by atoms with Crippen molar-refractivity contribution < 1.29 is 0 Å². The zero-order valence-electron chi connectivity index (χ0n) is 20.8. The Bertz CT molecular complexity index is 1740. The Morgan fingerprint density at radius 3 is 2.31 bits per heavy atom. The Morgan fingerprint density at radius 1 is 0.861 bits per heavy atom. The van der Waals surface area contributed by atoms with Gasteiger partial charge in [0.25, 0.3) is 5.56 Å². The van der Waals surface area contributed by atoms with Crippen LogP contribution >= 0.6 is 0 Å². The molecule has 1 saturated heterocycles. The van der Waals surface area contributed by atoms with Crippen molar-refractivity contribution in [1.82, 2.24) is 28.7 Å². The molecule has 0 spiro atoms. The van der Waals surface area contributed by atoms with Gasteiger partial charge in [0.05, 0.1) is 33.8 Å². The zero-order chi connectivity index (χ0) is 25.0. The molecule has 0 saturated carbocycles. The summed E-state index contributed by atoms with van der Waals surface area (Å²) in [5, 5.41) is 1.62. The van der Waals surface area contributed by atoms with E-state index in [0.717, 1.165) is 64.8 Å². The number of anilines is 1. The molecule has 6 rings (SSSR count). The molecule has 4 heterocycles. The van der Waals surface area contributed by atoms with Gasteiger partial charge in [0.1, 0.15) is 12.1 Å². The third kappa shape index (κ3) is 3.41. The molecular weight excluding hydrogens is 454 g/mol. The van der Waals surface area contributed by atoms with Crippen molar-refractivity contribution in [3.63, 3.8) is 0 Å². The van der Waals surface area contributed by atoms with Crippen LogP contribution in [0.25, 0.3) is 32.8 Å². The van der Waals surface area contributed by atoms with E-state index < -0.39 is 0 Å². The van der Waals surface area contributed by atoms with E-state index in [2.05, 4.69) is 25.9 Å². The van der Waals surface area contributed by atoms with Gasteiger partial charge < -0.3 is 4.90 Å². The van der Waals surface area contributed by atoms with Gasteiger partial charge in [0.15, 0.2) is 0 Å². The number of piperidine rings is 1. The van der Waals surface area contributed by atoms with Crippen LogP contribution in [0, 0.1) is 6.92 Å². The Morgan fingerprint density at radius 2 is 1.58 bits per heavy atom. The van der Waals surface area contributed by atoms with Gasteiger partial charge >= 0.3 is 5.69 Å². The van der Waals surface area contributed by atoms with E-state index >= 15 is 0 Å². The molecule has 0 bridgehead atoms. The van der Waals surface area contributed by atoms with Crippen LogP contribution in [-0.2, 0) is 13.1 Å². The lowest BCUT2D eigenvalue weighted by Crippen LogP contribution is -2.38. The van der Waals surface area contributed by atoms with Gasteiger partial charge in [-0.3, -0.25) is 18.5 Å². The molecule has 0 atom stereocenters. The summed E-state index contributed by atoms with van der Waals surface area (Å²) in [6, 6.07) is 9.96. The van der Waals surface area contributed by atoms with Crippen molar-refractivity contribution in [2.45, 2.75) is 52.7 Å². The second-order valence-electron chi connectivity index (χ2n) is 9.52. The smallest absolute Gasteiger partial charge is 0.329 e. The van der Waals surface area contributed by atoms with Crippen LogP contribution in [0.1, 0.15) is 38.3 Å². The third-order valence-electron chi connectivity index (χ3n) is 7.48. The normalized spacial score (nSPS) is 14.9. The van der Waals surface area contributed by atoms with E-state index in [1.165, 1.54) is 0 Å². The molecule has 0 radical (unpaired) electrons. The van der Waals surface area contributed by atoms with E-state index in [0.29, 0.717) is 18.5 Å². The Kier molecular flexibility index (Phi) is 5.35. The molecule has 1 fully saturated rings. The molecule has 0 aliphatic carbocycles. The highest BCUT2D eigenvalue weighted by Gasteiger charge is 2.25. The van der Waals surface area contributed by atoms with Crippen LogP contribution in [0.5, 0.6) is 0 Å². The van der Waals surface area contributed by atoms with Gasteiger partial charge in [-0.15, -0.1) is 0 Å². The lowest BCUT2D eigenvalue weighted by atomic mass is 10.0. The average Bonchev–Trinajstić information content (AvgIpc) is 3.17. The summed E-state index contributed by atoms with van der Waals surface area (Å²) in [6.07, 6.45) is 4.93. The summed E-state index contributed by atoms with van der Waals surface area (Å²) in [7, 11) is 0. The summed E-state index contributed by atoms with van der Waals surface area (Å²) in [5.74, 6) is 0.874. The first kappa shape index (κ1) is 22.5. The van der Waals surface area contributed by atoms with E-state index in [1.807, 2.05) is 49.6 Å². The summed E-state index contributed by atoms with van der Waals surface area (Å²) in [5.41, 5.74) is 4.46. The van der Waals surface area contributed by atoms with Gasteiger partial charge in [-0.05, 0) is 57.9 Å². The number of aromatic nitrogens is 6. The molecule has 3 aromatic heterocycles. The summed E-state index contributed by atoms with van der Waals surface area (Å²) < 4.78 is 5.40. The Hall–Kier alpha value is -4.01. The van der Waals surface area contributed by atoms with Crippen molar-refractivity contribution in [3.05, 3.63) is 69.4 Å². The maximum absolute atomic E-state index is 13.2. The lowest BCUT2D eigenvalue weighted by molar-refractivity contribution is 0.385. The molecular formula is C27H29N7O2. The van der Waals surface area contributed by atoms with Crippen molar-refractivity contribution >= 4 is 38.7 Å². The van der Waals surface area contributed by atoms with Gasteiger partial charge in [-0.1, -0.05) is 11.6 Å². The number of rotatable bonds is 4. The highest BCUT2D eigenvalue weighted by molar-refractivity contribution is 5.99. The Labute approximate surface area is 207 Å². The maximum atomic E-state index is 13.2. The number of aryl methyl sites for hydroxylation is 3. The second-order valence-corrected chi connectivity index (χ2v) is 9.52. The minimum atomic E-state index is 0.00487. The molecule has 1 aliphatic rings. The minimum Gasteiger partial charge on any atom is -0.356 e. The second kappa shape index (κ2) is 8.58. The first-order valence-corrected chi connectivity index (χ1v) is 12.6. The summed E-state index contributed by atoms with van der Waals surface area (Å²) in [6.45, 7) is 8.72. The first-order valence-electron chi connectivity index (χ1n) is 12.6. The fraction of sp³-hybridized carbons (Fsp3) is 0.370.